The molecule has 1 aromatic heterocycles. The lowest BCUT2D eigenvalue weighted by Gasteiger charge is -2.25. The molecule has 210 valence electrons. The average molecular weight is 564 g/mol. The van der Waals surface area contributed by atoms with E-state index >= 15 is 0 Å². The zero-order valence-electron chi connectivity index (χ0n) is 22.1. The van der Waals surface area contributed by atoms with Gasteiger partial charge in [0.05, 0.1) is 4.90 Å². The Morgan fingerprint density at radius 1 is 0.975 bits per heavy atom. The first-order chi connectivity index (χ1) is 19.2. The predicted octanol–water partition coefficient (Wildman–Crippen LogP) is 3.18. The van der Waals surface area contributed by atoms with Crippen LogP contribution in [0.25, 0.3) is 0 Å². The maximum atomic E-state index is 13.1. The number of aromatic nitrogens is 1. The molecule has 10 heteroatoms. The molecule has 1 amide bonds. The Labute approximate surface area is 234 Å². The summed E-state index contributed by atoms with van der Waals surface area (Å²) in [6.07, 6.45) is 4.78. The second kappa shape index (κ2) is 13.5. The van der Waals surface area contributed by atoms with Crippen LogP contribution in [0.2, 0.25) is 0 Å². The molecule has 0 radical (unpaired) electrons. The lowest BCUT2D eigenvalue weighted by Crippen LogP contribution is -2.51. The quantitative estimate of drug-likeness (QED) is 0.326. The number of hydrogen-bond donors (Lipinski definition) is 2. The predicted molar refractivity (Wildman–Crippen MR) is 149 cm³/mol. The Hall–Kier alpha value is -3.89. The number of nitrogens with one attached hydrogen (secondary N) is 1. The summed E-state index contributed by atoms with van der Waals surface area (Å²) in [7, 11) is -3.89. The van der Waals surface area contributed by atoms with Crippen molar-refractivity contribution in [2.75, 3.05) is 6.54 Å². The zero-order valence-corrected chi connectivity index (χ0v) is 22.9. The molecule has 4 rings (SSSR count). The van der Waals surface area contributed by atoms with E-state index in [0.29, 0.717) is 24.8 Å². The number of Topliss-reactive ketones (excluding diaryl/α,β-unsaturated/α-hetero) is 1. The smallest absolute Gasteiger partial charge is 0.326 e. The largest absolute Gasteiger partial charge is 0.480 e. The number of carbonyl (C=O) groups excluding carboxylic acids is 2. The number of pyridine rings is 1. The molecular formula is C30H33N3O6S. The third-order valence-electron chi connectivity index (χ3n) is 6.95. The summed E-state index contributed by atoms with van der Waals surface area (Å²) >= 11 is 0. The van der Waals surface area contributed by atoms with Crippen LogP contribution in [0.15, 0.2) is 83.9 Å². The number of benzene rings is 2. The molecule has 0 spiro atoms. The van der Waals surface area contributed by atoms with E-state index < -0.39 is 34.0 Å². The highest BCUT2D eigenvalue weighted by Gasteiger charge is 2.40. The van der Waals surface area contributed by atoms with Gasteiger partial charge in [-0.1, -0.05) is 48.5 Å². The van der Waals surface area contributed by atoms with E-state index in [4.69, 9.17) is 0 Å². The molecule has 1 saturated heterocycles. The molecule has 0 aliphatic carbocycles. The third kappa shape index (κ3) is 7.61. The van der Waals surface area contributed by atoms with Crippen molar-refractivity contribution in [1.29, 1.82) is 0 Å². The van der Waals surface area contributed by atoms with E-state index in [9.17, 15) is 27.9 Å². The molecule has 40 heavy (non-hydrogen) atoms. The molecule has 0 bridgehead atoms. The Balaban J connectivity index is 1.31. The molecule has 2 N–H and O–H groups in total. The number of carboxylic acid groups (broad SMARTS) is 1. The van der Waals surface area contributed by atoms with Crippen LogP contribution >= 0.6 is 0 Å². The highest BCUT2D eigenvalue weighted by Crippen LogP contribution is 2.26. The van der Waals surface area contributed by atoms with Crippen LogP contribution in [0.1, 0.15) is 42.5 Å². The molecule has 3 aromatic rings. The van der Waals surface area contributed by atoms with Crippen LogP contribution in [-0.2, 0) is 43.7 Å². The number of nitrogens with zero attached hydrogens (tertiary/aromatic N) is 2. The highest BCUT2D eigenvalue weighted by atomic mass is 32.2. The Bertz CT molecular complexity index is 1410. The number of amides is 1. The van der Waals surface area contributed by atoms with Crippen molar-refractivity contribution in [2.24, 2.45) is 0 Å². The van der Waals surface area contributed by atoms with Crippen molar-refractivity contribution >= 4 is 27.7 Å². The molecule has 2 aromatic carbocycles. The van der Waals surface area contributed by atoms with Gasteiger partial charge in [0.2, 0.25) is 15.9 Å². The fourth-order valence-electron chi connectivity index (χ4n) is 4.84. The topological polar surface area (TPSA) is 134 Å². The van der Waals surface area contributed by atoms with Gasteiger partial charge < -0.3 is 10.4 Å². The van der Waals surface area contributed by atoms with Crippen LogP contribution in [0.5, 0.6) is 0 Å². The van der Waals surface area contributed by atoms with Crippen LogP contribution in [0.3, 0.4) is 0 Å². The second-order valence-corrected chi connectivity index (χ2v) is 11.8. The normalized spacial score (nSPS) is 16.4. The lowest BCUT2D eigenvalue weighted by molar-refractivity contribution is -0.142. The third-order valence-corrected chi connectivity index (χ3v) is 8.87. The van der Waals surface area contributed by atoms with E-state index in [1.54, 1.807) is 48.7 Å². The summed E-state index contributed by atoms with van der Waals surface area (Å²) in [5.74, 6) is -1.72. The lowest BCUT2D eigenvalue weighted by atomic mass is 10.00. The van der Waals surface area contributed by atoms with E-state index in [0.717, 1.165) is 28.4 Å². The highest BCUT2D eigenvalue weighted by molar-refractivity contribution is 7.89. The Morgan fingerprint density at radius 3 is 2.35 bits per heavy atom. The molecule has 2 atom stereocenters. The minimum Gasteiger partial charge on any atom is -0.480 e. The minimum atomic E-state index is -3.89. The molecule has 1 aliphatic rings. The first-order valence-electron chi connectivity index (χ1n) is 13.3. The standard InChI is InChI=1S/C30H33N3O6S/c34-25(10-6-9-24-8-4-5-18-31-24)20-22-14-16-23(17-15-22)21-27(30(36)37)32-29(35)28-13-7-19-33(28)40(38,39)26-11-2-1-3-12-26/h1-5,8,11-12,14-18,27-28H,6-7,9-10,13,19-21H2,(H,32,35)(H,36,37)/t27-,28-/m0/s1. The van der Waals surface area contributed by atoms with Crippen molar-refractivity contribution in [2.45, 2.75) is 61.9 Å². The van der Waals surface area contributed by atoms with Crippen LogP contribution in [0, 0.1) is 0 Å². The molecule has 1 aliphatic heterocycles. The summed E-state index contributed by atoms with van der Waals surface area (Å²) in [5, 5.41) is 12.3. The van der Waals surface area contributed by atoms with Gasteiger partial charge in [0.25, 0.3) is 0 Å². The number of hydrogen-bond acceptors (Lipinski definition) is 6. The SMILES string of the molecule is O=C(CCCc1ccccn1)Cc1ccc(C[C@H](NC(=O)[C@@H]2CCCN2S(=O)(=O)c2ccccc2)C(=O)O)cc1. The molecule has 0 saturated carbocycles. The van der Waals surface area contributed by atoms with Crippen molar-refractivity contribution in [3.63, 3.8) is 0 Å². The van der Waals surface area contributed by atoms with Crippen molar-refractivity contribution in [3.8, 4) is 0 Å². The Kier molecular flexibility index (Phi) is 9.79. The maximum Gasteiger partial charge on any atom is 0.326 e. The van der Waals surface area contributed by atoms with E-state index in [1.165, 1.54) is 12.1 Å². The van der Waals surface area contributed by atoms with E-state index in [2.05, 4.69) is 10.3 Å². The number of aliphatic carboxylic acids is 1. The number of rotatable bonds is 13. The monoisotopic (exact) mass is 563 g/mol. The van der Waals surface area contributed by atoms with Gasteiger partial charge >= 0.3 is 5.97 Å². The van der Waals surface area contributed by atoms with Crippen LogP contribution < -0.4 is 5.32 Å². The van der Waals surface area contributed by atoms with Crippen molar-refractivity contribution in [1.82, 2.24) is 14.6 Å². The summed E-state index contributed by atoms with van der Waals surface area (Å²) in [6.45, 7) is 0.191. The maximum absolute atomic E-state index is 13.1. The second-order valence-electron chi connectivity index (χ2n) is 9.90. The van der Waals surface area contributed by atoms with Crippen LogP contribution in [0.4, 0.5) is 0 Å². The summed E-state index contributed by atoms with van der Waals surface area (Å²) in [6, 6.07) is 18.5. The van der Waals surface area contributed by atoms with Gasteiger partial charge in [0.15, 0.2) is 0 Å². The number of aryl methyl sites for hydroxylation is 1. The average Bonchev–Trinajstić information content (AvgIpc) is 3.46. The molecule has 0 unspecified atom stereocenters. The summed E-state index contributed by atoms with van der Waals surface area (Å²) in [4.78, 5) is 41.8. The zero-order chi connectivity index (χ0) is 28.5. The molecule has 1 fully saturated rings. The number of sulfonamides is 1. The van der Waals surface area contributed by atoms with Gasteiger partial charge in [-0.15, -0.1) is 0 Å². The van der Waals surface area contributed by atoms with E-state index in [1.807, 2.05) is 18.2 Å². The van der Waals surface area contributed by atoms with Gasteiger partial charge in [-0.25, -0.2) is 13.2 Å². The molecule has 9 nitrogen and oxygen atoms in total. The fraction of sp³-hybridized carbons (Fsp3) is 0.333. The van der Waals surface area contributed by atoms with Gasteiger partial charge in [0, 0.05) is 37.7 Å². The summed E-state index contributed by atoms with van der Waals surface area (Å²) < 4.78 is 27.3. The first-order valence-corrected chi connectivity index (χ1v) is 14.8. The van der Waals surface area contributed by atoms with Gasteiger partial charge in [0.1, 0.15) is 17.9 Å². The van der Waals surface area contributed by atoms with Crippen molar-refractivity contribution < 1.29 is 27.9 Å². The van der Waals surface area contributed by atoms with Crippen molar-refractivity contribution in [3.05, 3.63) is 95.8 Å². The number of carbonyl (C=O) groups is 3. The minimum absolute atomic E-state index is 0.0253. The molecular weight excluding hydrogens is 530 g/mol. The molecule has 2 heterocycles. The van der Waals surface area contributed by atoms with Gasteiger partial charge in [-0.05, 0) is 61.1 Å². The van der Waals surface area contributed by atoms with Gasteiger partial charge in [-0.2, -0.15) is 4.31 Å². The first kappa shape index (κ1) is 29.1. The van der Waals surface area contributed by atoms with Crippen LogP contribution in [-0.4, -0.2) is 59.1 Å². The number of carboxylic acids is 1. The van der Waals surface area contributed by atoms with Gasteiger partial charge in [-0.3, -0.25) is 14.6 Å². The fourth-order valence-corrected chi connectivity index (χ4v) is 6.52. The summed E-state index contributed by atoms with van der Waals surface area (Å²) in [5.41, 5.74) is 2.47. The Morgan fingerprint density at radius 2 is 1.68 bits per heavy atom. The van der Waals surface area contributed by atoms with E-state index in [-0.39, 0.29) is 30.1 Å². The number of ketones is 1.